The average molecular weight is 370 g/mol. The molecule has 0 unspecified atom stereocenters. The van der Waals surface area contributed by atoms with Gasteiger partial charge in [0.05, 0.1) is 17.8 Å². The van der Waals surface area contributed by atoms with Crippen LogP contribution in [0.25, 0.3) is 0 Å². The second kappa shape index (κ2) is 6.60. The maximum absolute atomic E-state index is 12.5. The first-order valence-electron chi connectivity index (χ1n) is 6.30. The second-order valence-electron chi connectivity index (χ2n) is 4.56. The van der Waals surface area contributed by atoms with Gasteiger partial charge >= 0.3 is 0 Å². The Morgan fingerprint density at radius 1 is 1.14 bits per heavy atom. The van der Waals surface area contributed by atoms with Gasteiger partial charge in [-0.05, 0) is 42.0 Å². The Bertz CT molecular complexity index is 727. The van der Waals surface area contributed by atoms with Crippen LogP contribution in [0.5, 0.6) is 5.75 Å². The van der Waals surface area contributed by atoms with E-state index in [1.54, 1.807) is 36.4 Å². The number of hydrogen-bond donors (Lipinski definition) is 1. The predicted molar refractivity (Wildman–Crippen MR) is 85.9 cm³/mol. The van der Waals surface area contributed by atoms with Gasteiger partial charge in [0.1, 0.15) is 5.75 Å². The molecule has 21 heavy (non-hydrogen) atoms. The highest BCUT2D eigenvalue weighted by Gasteiger charge is 2.18. The summed E-state index contributed by atoms with van der Waals surface area (Å²) in [6.07, 6.45) is 0. The van der Waals surface area contributed by atoms with Crippen molar-refractivity contribution >= 4 is 25.8 Å². The number of hydrogen-bond acceptors (Lipinski definition) is 4. The minimum Gasteiger partial charge on any atom is -0.496 e. The molecule has 0 saturated carbocycles. The van der Waals surface area contributed by atoms with Crippen molar-refractivity contribution < 1.29 is 13.2 Å². The summed E-state index contributed by atoms with van der Waals surface area (Å²) in [5.41, 5.74) is 7.09. The van der Waals surface area contributed by atoms with Crippen LogP contribution in [0.3, 0.4) is 0 Å². The second-order valence-corrected chi connectivity index (χ2v) is 7.47. The monoisotopic (exact) mass is 369 g/mol. The van der Waals surface area contributed by atoms with E-state index in [-0.39, 0.29) is 10.6 Å². The van der Waals surface area contributed by atoms with Crippen LogP contribution in [-0.2, 0) is 22.1 Å². The number of ether oxygens (including phenoxy) is 1. The van der Waals surface area contributed by atoms with E-state index in [4.69, 9.17) is 10.5 Å². The molecule has 0 bridgehead atoms. The van der Waals surface area contributed by atoms with Crippen LogP contribution in [0.4, 0.5) is 0 Å². The Hall–Kier alpha value is -1.37. The Morgan fingerprint density at radius 2 is 1.81 bits per heavy atom. The van der Waals surface area contributed by atoms with Gasteiger partial charge in [0, 0.05) is 16.6 Å². The van der Waals surface area contributed by atoms with E-state index in [1.807, 2.05) is 6.07 Å². The van der Waals surface area contributed by atoms with Gasteiger partial charge in [-0.3, -0.25) is 0 Å². The summed E-state index contributed by atoms with van der Waals surface area (Å²) >= 11 is 3.29. The highest BCUT2D eigenvalue weighted by atomic mass is 79.9. The normalized spacial score (nSPS) is 11.4. The van der Waals surface area contributed by atoms with Crippen molar-refractivity contribution in [3.05, 3.63) is 58.1 Å². The van der Waals surface area contributed by atoms with Gasteiger partial charge < -0.3 is 10.5 Å². The number of rotatable bonds is 5. The first-order valence-corrected chi connectivity index (χ1v) is 8.75. The molecule has 2 rings (SSSR count). The summed E-state index contributed by atoms with van der Waals surface area (Å²) in [4.78, 5) is 0.283. The molecule has 0 aliphatic carbocycles. The highest BCUT2D eigenvalue weighted by Crippen LogP contribution is 2.25. The lowest BCUT2D eigenvalue weighted by atomic mass is 10.1. The quantitative estimate of drug-likeness (QED) is 0.879. The molecule has 2 aromatic rings. The number of halogens is 1. The molecular formula is C15H16BrNO3S. The van der Waals surface area contributed by atoms with Crippen LogP contribution >= 0.6 is 15.9 Å². The Kier molecular flexibility index (Phi) is 5.03. The number of nitrogens with two attached hydrogens (primary N) is 1. The van der Waals surface area contributed by atoms with Crippen LogP contribution in [0.2, 0.25) is 0 Å². The van der Waals surface area contributed by atoms with Crippen molar-refractivity contribution in [2.24, 2.45) is 5.73 Å². The molecule has 0 spiro atoms. The van der Waals surface area contributed by atoms with Crippen molar-refractivity contribution in [2.75, 3.05) is 7.11 Å². The van der Waals surface area contributed by atoms with Crippen molar-refractivity contribution in [3.63, 3.8) is 0 Å². The lowest BCUT2D eigenvalue weighted by molar-refractivity contribution is 0.411. The summed E-state index contributed by atoms with van der Waals surface area (Å²) in [6, 6.07) is 11.9. The topological polar surface area (TPSA) is 69.4 Å². The number of methoxy groups -OCH3 is 1. The van der Waals surface area contributed by atoms with E-state index < -0.39 is 9.84 Å². The summed E-state index contributed by atoms with van der Waals surface area (Å²) in [7, 11) is -1.91. The molecule has 0 aliphatic rings. The predicted octanol–water partition coefficient (Wildman–Crippen LogP) is 2.89. The van der Waals surface area contributed by atoms with Crippen molar-refractivity contribution in [3.8, 4) is 5.75 Å². The molecule has 112 valence electrons. The molecule has 0 fully saturated rings. The van der Waals surface area contributed by atoms with E-state index in [1.165, 1.54) is 7.11 Å². The number of benzene rings is 2. The van der Waals surface area contributed by atoms with Gasteiger partial charge in [-0.1, -0.05) is 22.0 Å². The van der Waals surface area contributed by atoms with Crippen LogP contribution in [-0.4, -0.2) is 15.5 Å². The third-order valence-corrected chi connectivity index (χ3v) is 5.31. The SMILES string of the molecule is COc1ccc(CN)cc1CS(=O)(=O)c1ccc(Br)cc1. The third kappa shape index (κ3) is 3.84. The minimum atomic E-state index is -3.43. The van der Waals surface area contributed by atoms with E-state index in [2.05, 4.69) is 15.9 Å². The van der Waals surface area contributed by atoms with E-state index in [0.29, 0.717) is 17.9 Å². The Balaban J connectivity index is 2.38. The van der Waals surface area contributed by atoms with Gasteiger partial charge in [0.2, 0.25) is 0 Å². The van der Waals surface area contributed by atoms with Crippen LogP contribution in [0.15, 0.2) is 51.8 Å². The van der Waals surface area contributed by atoms with Crippen molar-refractivity contribution in [1.82, 2.24) is 0 Å². The minimum absolute atomic E-state index is 0.119. The fraction of sp³-hybridized carbons (Fsp3) is 0.200. The van der Waals surface area contributed by atoms with E-state index >= 15 is 0 Å². The molecule has 0 saturated heterocycles. The lowest BCUT2D eigenvalue weighted by Crippen LogP contribution is -2.07. The zero-order chi connectivity index (χ0) is 15.5. The van der Waals surface area contributed by atoms with Gasteiger partial charge in [-0.25, -0.2) is 8.42 Å². The third-order valence-electron chi connectivity index (χ3n) is 3.10. The standard InChI is InChI=1S/C15H16BrNO3S/c1-20-15-7-2-11(9-17)8-12(15)10-21(18,19)14-5-3-13(16)4-6-14/h2-8H,9-10,17H2,1H3. The summed E-state index contributed by atoms with van der Waals surface area (Å²) in [5.74, 6) is 0.430. The summed E-state index contributed by atoms with van der Waals surface area (Å²) < 4.78 is 31.0. The molecule has 2 aromatic carbocycles. The molecule has 0 amide bonds. The summed E-state index contributed by atoms with van der Waals surface area (Å²) in [5, 5.41) is 0. The highest BCUT2D eigenvalue weighted by molar-refractivity contribution is 9.10. The molecule has 0 aliphatic heterocycles. The van der Waals surface area contributed by atoms with E-state index in [0.717, 1.165) is 10.0 Å². The molecule has 2 N–H and O–H groups in total. The molecule has 6 heteroatoms. The molecular weight excluding hydrogens is 354 g/mol. The van der Waals surface area contributed by atoms with Gasteiger partial charge in [-0.2, -0.15) is 0 Å². The van der Waals surface area contributed by atoms with Gasteiger partial charge in [-0.15, -0.1) is 0 Å². The smallest absolute Gasteiger partial charge is 0.182 e. The zero-order valence-corrected chi connectivity index (χ0v) is 13.9. The first-order chi connectivity index (χ1) is 9.96. The number of sulfone groups is 1. The van der Waals surface area contributed by atoms with Crippen molar-refractivity contribution in [1.29, 1.82) is 0 Å². The molecule has 0 atom stereocenters. The van der Waals surface area contributed by atoms with Gasteiger partial charge in [0.15, 0.2) is 9.84 Å². The molecule has 0 aromatic heterocycles. The van der Waals surface area contributed by atoms with E-state index in [9.17, 15) is 8.42 Å². The lowest BCUT2D eigenvalue weighted by Gasteiger charge is -2.11. The Morgan fingerprint density at radius 3 is 2.38 bits per heavy atom. The van der Waals surface area contributed by atoms with Crippen LogP contribution in [0.1, 0.15) is 11.1 Å². The fourth-order valence-electron chi connectivity index (χ4n) is 2.00. The summed E-state index contributed by atoms with van der Waals surface area (Å²) in [6.45, 7) is 0.356. The maximum atomic E-state index is 12.5. The fourth-order valence-corrected chi connectivity index (χ4v) is 3.62. The van der Waals surface area contributed by atoms with Crippen LogP contribution < -0.4 is 10.5 Å². The van der Waals surface area contributed by atoms with Gasteiger partial charge in [0.25, 0.3) is 0 Å². The zero-order valence-electron chi connectivity index (χ0n) is 11.5. The Labute approximate surface area is 133 Å². The molecule has 4 nitrogen and oxygen atoms in total. The largest absolute Gasteiger partial charge is 0.496 e. The van der Waals surface area contributed by atoms with Crippen LogP contribution in [0, 0.1) is 0 Å². The maximum Gasteiger partial charge on any atom is 0.182 e. The average Bonchev–Trinajstić information content (AvgIpc) is 2.47. The molecule has 0 heterocycles. The first kappa shape index (κ1) is 16.0. The molecule has 0 radical (unpaired) electrons. The van der Waals surface area contributed by atoms with Crippen molar-refractivity contribution in [2.45, 2.75) is 17.2 Å².